The molecule has 2 heterocycles. The molecule has 6 nitrogen and oxygen atoms in total. The minimum absolute atomic E-state index is 0.0359. The maximum atomic E-state index is 12.1. The van der Waals surface area contributed by atoms with Gasteiger partial charge < -0.3 is 19.5 Å². The molecule has 1 aromatic rings. The van der Waals surface area contributed by atoms with Crippen LogP contribution in [0.3, 0.4) is 0 Å². The van der Waals surface area contributed by atoms with E-state index < -0.39 is 5.91 Å². The quantitative estimate of drug-likeness (QED) is 0.642. The molecule has 0 aliphatic carbocycles. The normalized spacial score (nSPS) is 19.5. The average Bonchev–Trinajstić information content (AvgIpc) is 3.21. The lowest BCUT2D eigenvalue weighted by atomic mass is 10.1. The highest BCUT2D eigenvalue weighted by molar-refractivity contribution is 9.10. The third kappa shape index (κ3) is 3.66. The second kappa shape index (κ2) is 7.02. The third-order valence-corrected chi connectivity index (χ3v) is 4.23. The zero-order chi connectivity index (χ0) is 16.2. The van der Waals surface area contributed by atoms with Gasteiger partial charge in [0.25, 0.3) is 5.91 Å². The van der Waals surface area contributed by atoms with Gasteiger partial charge >= 0.3 is 0 Å². The highest BCUT2D eigenvalue weighted by atomic mass is 79.9. The van der Waals surface area contributed by atoms with Crippen LogP contribution in [0.15, 0.2) is 22.2 Å². The van der Waals surface area contributed by atoms with Gasteiger partial charge in [-0.1, -0.05) is 0 Å². The number of hydrogen-bond donors (Lipinski definition) is 1. The van der Waals surface area contributed by atoms with Crippen LogP contribution < -0.4 is 14.8 Å². The van der Waals surface area contributed by atoms with Gasteiger partial charge in [0, 0.05) is 13.2 Å². The molecule has 0 aromatic heterocycles. The van der Waals surface area contributed by atoms with E-state index in [1.807, 2.05) is 6.07 Å². The van der Waals surface area contributed by atoms with E-state index >= 15 is 0 Å². The molecule has 1 N–H and O–H groups in total. The molecule has 0 saturated carbocycles. The minimum Gasteiger partial charge on any atom is -0.454 e. The molecule has 120 valence electrons. The van der Waals surface area contributed by atoms with Crippen molar-refractivity contribution < 1.29 is 19.0 Å². The van der Waals surface area contributed by atoms with Gasteiger partial charge in [-0.2, -0.15) is 5.26 Å². The van der Waals surface area contributed by atoms with Crippen molar-refractivity contribution in [2.75, 3.05) is 19.9 Å². The van der Waals surface area contributed by atoms with Crippen LogP contribution in [0.25, 0.3) is 6.08 Å². The number of nitriles is 1. The Morgan fingerprint density at radius 1 is 1.48 bits per heavy atom. The molecule has 0 spiro atoms. The molecular formula is C16H15BrN2O4. The van der Waals surface area contributed by atoms with E-state index in [-0.39, 0.29) is 18.5 Å². The summed E-state index contributed by atoms with van der Waals surface area (Å²) in [7, 11) is 0. The fourth-order valence-corrected chi connectivity index (χ4v) is 3.07. The molecule has 2 aliphatic heterocycles. The smallest absolute Gasteiger partial charge is 0.262 e. The van der Waals surface area contributed by atoms with Gasteiger partial charge in [0.2, 0.25) is 6.79 Å². The van der Waals surface area contributed by atoms with Gasteiger partial charge in [-0.3, -0.25) is 4.79 Å². The van der Waals surface area contributed by atoms with E-state index in [9.17, 15) is 10.1 Å². The summed E-state index contributed by atoms with van der Waals surface area (Å²) in [5, 5.41) is 12.0. The van der Waals surface area contributed by atoms with Crippen molar-refractivity contribution in [1.29, 1.82) is 5.26 Å². The molecule has 3 rings (SSSR count). The maximum absolute atomic E-state index is 12.1. The first-order valence-electron chi connectivity index (χ1n) is 7.28. The van der Waals surface area contributed by atoms with E-state index in [2.05, 4.69) is 21.2 Å². The molecule has 1 atom stereocenters. The largest absolute Gasteiger partial charge is 0.454 e. The molecule has 1 aromatic carbocycles. The number of hydrogen-bond acceptors (Lipinski definition) is 5. The number of rotatable bonds is 4. The average molecular weight is 379 g/mol. The summed E-state index contributed by atoms with van der Waals surface area (Å²) in [6.07, 6.45) is 3.50. The fourth-order valence-electron chi connectivity index (χ4n) is 2.49. The highest BCUT2D eigenvalue weighted by Gasteiger charge is 2.20. The van der Waals surface area contributed by atoms with E-state index in [1.54, 1.807) is 12.1 Å². The zero-order valence-electron chi connectivity index (χ0n) is 12.3. The summed E-state index contributed by atoms with van der Waals surface area (Å²) < 4.78 is 16.8. The van der Waals surface area contributed by atoms with Crippen LogP contribution in [0, 0.1) is 11.3 Å². The van der Waals surface area contributed by atoms with Crippen LogP contribution in [0.2, 0.25) is 0 Å². The summed E-state index contributed by atoms with van der Waals surface area (Å²) in [6.45, 7) is 1.31. The van der Waals surface area contributed by atoms with Crippen molar-refractivity contribution in [3.05, 3.63) is 27.7 Å². The van der Waals surface area contributed by atoms with Gasteiger partial charge in [-0.05, 0) is 52.5 Å². The lowest BCUT2D eigenvalue weighted by Crippen LogP contribution is -2.32. The van der Waals surface area contributed by atoms with Crippen LogP contribution in [-0.2, 0) is 9.53 Å². The van der Waals surface area contributed by atoms with E-state index in [1.165, 1.54) is 6.08 Å². The van der Waals surface area contributed by atoms with Gasteiger partial charge in [-0.25, -0.2) is 0 Å². The zero-order valence-corrected chi connectivity index (χ0v) is 13.9. The molecule has 0 unspecified atom stereocenters. The maximum Gasteiger partial charge on any atom is 0.262 e. The summed E-state index contributed by atoms with van der Waals surface area (Å²) >= 11 is 3.39. The molecule has 1 amide bonds. The fraction of sp³-hybridized carbons (Fsp3) is 0.375. The molecule has 2 aliphatic rings. The van der Waals surface area contributed by atoms with E-state index in [0.717, 1.165) is 23.9 Å². The van der Waals surface area contributed by atoms with Crippen molar-refractivity contribution in [2.45, 2.75) is 18.9 Å². The molecule has 7 heteroatoms. The molecule has 1 saturated heterocycles. The van der Waals surface area contributed by atoms with Gasteiger partial charge in [0.1, 0.15) is 11.6 Å². The number of nitrogens with zero attached hydrogens (tertiary/aromatic N) is 1. The summed E-state index contributed by atoms with van der Waals surface area (Å²) in [4.78, 5) is 12.1. The number of fused-ring (bicyclic) bond motifs is 1. The summed E-state index contributed by atoms with van der Waals surface area (Å²) in [5.74, 6) is 0.808. The first kappa shape index (κ1) is 15.8. The number of carbonyl (C=O) groups excluding carboxylic acids is 1. The van der Waals surface area contributed by atoms with Crippen LogP contribution >= 0.6 is 15.9 Å². The number of nitrogens with one attached hydrogen (secondary N) is 1. The Morgan fingerprint density at radius 2 is 2.35 bits per heavy atom. The number of ether oxygens (including phenoxy) is 3. The number of carbonyl (C=O) groups is 1. The lowest BCUT2D eigenvalue weighted by molar-refractivity contribution is -0.117. The van der Waals surface area contributed by atoms with Crippen molar-refractivity contribution in [3.8, 4) is 17.6 Å². The molecule has 1 fully saturated rings. The Morgan fingerprint density at radius 3 is 3.09 bits per heavy atom. The second-order valence-corrected chi connectivity index (χ2v) is 6.11. The minimum atomic E-state index is -0.406. The van der Waals surface area contributed by atoms with E-state index in [4.69, 9.17) is 14.2 Å². The topological polar surface area (TPSA) is 80.6 Å². The first-order chi connectivity index (χ1) is 11.2. The standard InChI is InChI=1S/C16H15BrN2O4/c17-13-5-10(6-14-15(13)23-9-22-14)4-11(7-18)16(20)19-8-12-2-1-3-21-12/h4-6,12H,1-3,8-9H2,(H,19,20)/b11-4+/t12-/m1/s1. The highest BCUT2D eigenvalue weighted by Crippen LogP contribution is 2.40. The van der Waals surface area contributed by atoms with Crippen LogP contribution in [-0.4, -0.2) is 32.0 Å². The van der Waals surface area contributed by atoms with E-state index in [0.29, 0.717) is 23.6 Å². The van der Waals surface area contributed by atoms with Crippen LogP contribution in [0.5, 0.6) is 11.5 Å². The molecule has 23 heavy (non-hydrogen) atoms. The van der Waals surface area contributed by atoms with Gasteiger partial charge in [0.15, 0.2) is 11.5 Å². The Balaban J connectivity index is 1.72. The lowest BCUT2D eigenvalue weighted by Gasteiger charge is -2.10. The van der Waals surface area contributed by atoms with Gasteiger partial charge in [-0.15, -0.1) is 0 Å². The molecule has 0 bridgehead atoms. The monoisotopic (exact) mass is 378 g/mol. The number of halogens is 1. The van der Waals surface area contributed by atoms with Crippen molar-refractivity contribution in [1.82, 2.24) is 5.32 Å². The molecule has 0 radical (unpaired) electrons. The first-order valence-corrected chi connectivity index (χ1v) is 8.07. The second-order valence-electron chi connectivity index (χ2n) is 5.25. The predicted molar refractivity (Wildman–Crippen MR) is 85.8 cm³/mol. The number of benzene rings is 1. The Labute approximate surface area is 142 Å². The molecular weight excluding hydrogens is 364 g/mol. The van der Waals surface area contributed by atoms with Crippen molar-refractivity contribution >= 4 is 27.9 Å². The van der Waals surface area contributed by atoms with Gasteiger partial charge in [0.05, 0.1) is 10.6 Å². The predicted octanol–water partition coefficient (Wildman–Crippen LogP) is 2.38. The van der Waals surface area contributed by atoms with Crippen LogP contribution in [0.1, 0.15) is 18.4 Å². The Kier molecular flexibility index (Phi) is 4.84. The SMILES string of the molecule is N#C/C(=C\c1cc(Br)c2c(c1)OCO2)C(=O)NC[C@H]1CCCO1. The Bertz CT molecular complexity index is 690. The Hall–Kier alpha value is -2.04. The number of amides is 1. The third-order valence-electron chi connectivity index (χ3n) is 3.64. The van der Waals surface area contributed by atoms with Crippen LogP contribution in [0.4, 0.5) is 0 Å². The van der Waals surface area contributed by atoms with Crippen molar-refractivity contribution in [3.63, 3.8) is 0 Å². The summed E-state index contributed by atoms with van der Waals surface area (Å²) in [6, 6.07) is 5.44. The summed E-state index contributed by atoms with van der Waals surface area (Å²) in [5.41, 5.74) is 0.721. The van der Waals surface area contributed by atoms with Crippen molar-refractivity contribution in [2.24, 2.45) is 0 Å².